The van der Waals surface area contributed by atoms with Crippen LogP contribution in [-0.2, 0) is 0 Å². The van der Waals surface area contributed by atoms with E-state index in [-0.39, 0.29) is 12.6 Å². The molecule has 0 spiro atoms. The molecule has 1 N–H and O–H groups in total. The molecule has 1 fully saturated rings. The highest BCUT2D eigenvalue weighted by atomic mass is 35.5. The van der Waals surface area contributed by atoms with Gasteiger partial charge in [0.05, 0.1) is 6.04 Å². The third-order valence-corrected chi connectivity index (χ3v) is 4.96. The molecule has 0 bridgehead atoms. The van der Waals surface area contributed by atoms with Gasteiger partial charge < -0.3 is 10.0 Å². The maximum absolute atomic E-state index is 9.01. The highest BCUT2D eigenvalue weighted by Gasteiger charge is 2.26. The zero-order valence-corrected chi connectivity index (χ0v) is 14.7. The average molecular weight is 345 g/mol. The smallest absolute Gasteiger partial charge is 0.0602 e. The molecular weight excluding hydrogens is 320 g/mol. The van der Waals surface area contributed by atoms with E-state index < -0.39 is 0 Å². The molecule has 0 aliphatic carbocycles. The number of piperazine rings is 1. The zero-order chi connectivity index (χ0) is 16.8. The molecule has 1 aliphatic heterocycles. The second kappa shape index (κ2) is 8.63. The van der Waals surface area contributed by atoms with Gasteiger partial charge in [0.1, 0.15) is 0 Å². The lowest BCUT2D eigenvalue weighted by Gasteiger charge is -2.39. The number of nitrogens with zero attached hydrogens (tertiary/aromatic N) is 2. The molecule has 128 valence electrons. The first-order chi connectivity index (χ1) is 11.8. The second-order valence-corrected chi connectivity index (χ2v) is 6.76. The Balaban J connectivity index is 1.77. The lowest BCUT2D eigenvalue weighted by Crippen LogP contribution is -2.48. The minimum absolute atomic E-state index is 0.267. The molecule has 1 aliphatic rings. The zero-order valence-electron chi connectivity index (χ0n) is 13.9. The van der Waals surface area contributed by atoms with E-state index in [1.807, 2.05) is 12.1 Å². The van der Waals surface area contributed by atoms with Crippen molar-refractivity contribution in [1.29, 1.82) is 0 Å². The van der Waals surface area contributed by atoms with Crippen molar-refractivity contribution in [3.05, 3.63) is 70.7 Å². The van der Waals surface area contributed by atoms with E-state index in [4.69, 9.17) is 16.7 Å². The maximum atomic E-state index is 9.01. The summed E-state index contributed by atoms with van der Waals surface area (Å²) in [6, 6.07) is 19.2. The van der Waals surface area contributed by atoms with Crippen molar-refractivity contribution >= 4 is 11.6 Å². The highest BCUT2D eigenvalue weighted by Crippen LogP contribution is 2.30. The molecule has 1 saturated heterocycles. The molecule has 0 aromatic heterocycles. The van der Waals surface area contributed by atoms with Crippen LogP contribution in [0.1, 0.15) is 23.6 Å². The van der Waals surface area contributed by atoms with Crippen LogP contribution in [-0.4, -0.2) is 54.2 Å². The van der Waals surface area contributed by atoms with E-state index in [1.54, 1.807) is 0 Å². The number of aliphatic hydroxyl groups is 1. The Morgan fingerprint density at radius 2 is 1.50 bits per heavy atom. The summed E-state index contributed by atoms with van der Waals surface area (Å²) in [7, 11) is 0. The van der Waals surface area contributed by atoms with E-state index in [0.29, 0.717) is 0 Å². The number of hydrogen-bond donors (Lipinski definition) is 1. The van der Waals surface area contributed by atoms with Gasteiger partial charge in [0.15, 0.2) is 0 Å². The summed E-state index contributed by atoms with van der Waals surface area (Å²) in [5.41, 5.74) is 2.61. The molecule has 0 radical (unpaired) electrons. The Morgan fingerprint density at radius 3 is 2.12 bits per heavy atom. The topological polar surface area (TPSA) is 26.7 Å². The van der Waals surface area contributed by atoms with Crippen molar-refractivity contribution in [3.8, 4) is 0 Å². The Bertz CT molecular complexity index is 609. The number of halogens is 1. The molecule has 0 saturated carbocycles. The first kappa shape index (κ1) is 17.4. The Morgan fingerprint density at radius 1 is 0.875 bits per heavy atom. The molecule has 0 amide bonds. The molecule has 2 aromatic carbocycles. The normalized spacial score (nSPS) is 17.8. The summed E-state index contributed by atoms with van der Waals surface area (Å²) in [6.07, 6.45) is 0.860. The molecule has 3 nitrogen and oxygen atoms in total. The minimum Gasteiger partial charge on any atom is -0.396 e. The Hall–Kier alpha value is -1.39. The van der Waals surface area contributed by atoms with Crippen LogP contribution in [0.25, 0.3) is 0 Å². The lowest BCUT2D eigenvalue weighted by molar-refractivity contribution is 0.104. The minimum atomic E-state index is 0.267. The summed E-state index contributed by atoms with van der Waals surface area (Å²) >= 11 is 6.08. The number of rotatable bonds is 6. The van der Waals surface area contributed by atoms with Gasteiger partial charge in [-0.05, 0) is 29.7 Å². The molecule has 1 heterocycles. The SMILES string of the molecule is OCCCN1CCN(C(c2ccccc2)c2ccc(Cl)cc2)CC1. The van der Waals surface area contributed by atoms with Crippen LogP contribution in [0.3, 0.4) is 0 Å². The van der Waals surface area contributed by atoms with Gasteiger partial charge in [-0.25, -0.2) is 0 Å². The van der Waals surface area contributed by atoms with Gasteiger partial charge in [0, 0.05) is 44.4 Å². The summed E-state index contributed by atoms with van der Waals surface area (Å²) < 4.78 is 0. The van der Waals surface area contributed by atoms with E-state index in [0.717, 1.165) is 44.2 Å². The number of benzene rings is 2. The van der Waals surface area contributed by atoms with Crippen LogP contribution in [0.4, 0.5) is 0 Å². The van der Waals surface area contributed by atoms with Crippen LogP contribution in [0.2, 0.25) is 5.02 Å². The first-order valence-corrected chi connectivity index (χ1v) is 9.03. The summed E-state index contributed by atoms with van der Waals surface area (Å²) in [6.45, 7) is 5.44. The van der Waals surface area contributed by atoms with Crippen molar-refractivity contribution in [2.24, 2.45) is 0 Å². The van der Waals surface area contributed by atoms with E-state index in [2.05, 4.69) is 52.3 Å². The highest BCUT2D eigenvalue weighted by molar-refractivity contribution is 6.30. The second-order valence-electron chi connectivity index (χ2n) is 6.32. The molecule has 3 rings (SSSR count). The molecule has 1 unspecified atom stereocenters. The molecular formula is C20H25ClN2O. The van der Waals surface area contributed by atoms with Gasteiger partial charge in [-0.3, -0.25) is 4.90 Å². The quantitative estimate of drug-likeness (QED) is 0.869. The molecule has 24 heavy (non-hydrogen) atoms. The summed E-state index contributed by atoms with van der Waals surface area (Å²) in [4.78, 5) is 4.99. The van der Waals surface area contributed by atoms with Crippen LogP contribution in [0.5, 0.6) is 0 Å². The van der Waals surface area contributed by atoms with Gasteiger partial charge in [-0.15, -0.1) is 0 Å². The van der Waals surface area contributed by atoms with Gasteiger partial charge in [0.25, 0.3) is 0 Å². The maximum Gasteiger partial charge on any atom is 0.0602 e. The fourth-order valence-corrected chi connectivity index (χ4v) is 3.56. The molecule has 4 heteroatoms. The average Bonchev–Trinajstić information content (AvgIpc) is 2.64. The Kier molecular flexibility index (Phi) is 6.27. The van der Waals surface area contributed by atoms with Crippen LogP contribution >= 0.6 is 11.6 Å². The largest absolute Gasteiger partial charge is 0.396 e. The van der Waals surface area contributed by atoms with Crippen molar-refractivity contribution < 1.29 is 5.11 Å². The third-order valence-electron chi connectivity index (χ3n) is 4.71. The fraction of sp³-hybridized carbons (Fsp3) is 0.400. The van der Waals surface area contributed by atoms with Gasteiger partial charge in [-0.2, -0.15) is 0 Å². The summed E-state index contributed by atoms with van der Waals surface area (Å²) in [5, 5.41) is 9.79. The van der Waals surface area contributed by atoms with E-state index in [9.17, 15) is 0 Å². The van der Waals surface area contributed by atoms with Crippen LogP contribution in [0.15, 0.2) is 54.6 Å². The van der Waals surface area contributed by atoms with Crippen LogP contribution < -0.4 is 0 Å². The predicted octanol–water partition coefficient (Wildman–Crippen LogP) is 3.43. The molecule has 2 aromatic rings. The summed E-state index contributed by atoms with van der Waals surface area (Å²) in [5.74, 6) is 0. The van der Waals surface area contributed by atoms with Crippen molar-refractivity contribution in [3.63, 3.8) is 0 Å². The first-order valence-electron chi connectivity index (χ1n) is 8.65. The van der Waals surface area contributed by atoms with Crippen molar-refractivity contribution in [2.75, 3.05) is 39.3 Å². The van der Waals surface area contributed by atoms with E-state index >= 15 is 0 Å². The fourth-order valence-electron chi connectivity index (χ4n) is 3.43. The standard InChI is InChI=1S/C20H25ClN2O/c21-19-9-7-18(8-10-19)20(17-5-2-1-3-6-17)23-14-12-22(13-15-23)11-4-16-24/h1-3,5-10,20,24H,4,11-16H2. The number of hydrogen-bond acceptors (Lipinski definition) is 3. The Labute approximate surface area is 149 Å². The van der Waals surface area contributed by atoms with Crippen molar-refractivity contribution in [1.82, 2.24) is 9.80 Å². The monoisotopic (exact) mass is 344 g/mol. The van der Waals surface area contributed by atoms with Gasteiger partial charge in [-0.1, -0.05) is 54.1 Å². The van der Waals surface area contributed by atoms with Crippen LogP contribution in [0, 0.1) is 0 Å². The van der Waals surface area contributed by atoms with E-state index in [1.165, 1.54) is 11.1 Å². The van der Waals surface area contributed by atoms with Gasteiger partial charge in [0.2, 0.25) is 0 Å². The number of aliphatic hydroxyl groups excluding tert-OH is 1. The lowest BCUT2D eigenvalue weighted by atomic mass is 9.96. The molecule has 1 atom stereocenters. The predicted molar refractivity (Wildman–Crippen MR) is 99.5 cm³/mol. The van der Waals surface area contributed by atoms with Crippen molar-refractivity contribution in [2.45, 2.75) is 12.5 Å². The van der Waals surface area contributed by atoms with Gasteiger partial charge >= 0.3 is 0 Å². The third kappa shape index (κ3) is 4.37.